The largest absolute Gasteiger partial charge is 0.355 e. The molecule has 2 aromatic heterocycles. The maximum absolute atomic E-state index is 3.56. The van der Waals surface area contributed by atoms with Gasteiger partial charge in [0.05, 0.1) is 0 Å². The van der Waals surface area contributed by atoms with E-state index in [1.54, 1.807) is 0 Å². The number of hydrogen-bond acceptors (Lipinski definition) is 0. The minimum absolute atomic E-state index is 1.15. The smallest absolute Gasteiger partial charge is 0.0471 e. The molecule has 0 spiro atoms. The van der Waals surface area contributed by atoms with Gasteiger partial charge in [-0.15, -0.1) is 0 Å². The first-order valence-corrected chi connectivity index (χ1v) is 9.54. The third-order valence-electron chi connectivity index (χ3n) is 5.54. The topological polar surface area (TPSA) is 31.6 Å². The SMILES string of the molecule is c1ccc2[nH]c(-c3ccc4c(-c5cc6ccccc6[nH]5)cccc4c3)cc2c1. The van der Waals surface area contributed by atoms with Crippen molar-refractivity contribution < 1.29 is 0 Å². The lowest BCUT2D eigenvalue weighted by Crippen LogP contribution is -1.83. The van der Waals surface area contributed by atoms with Crippen molar-refractivity contribution in [1.82, 2.24) is 9.97 Å². The molecule has 0 saturated carbocycles. The first-order chi connectivity index (χ1) is 13.8. The summed E-state index contributed by atoms with van der Waals surface area (Å²) in [6.45, 7) is 0. The molecule has 0 atom stereocenters. The lowest BCUT2D eigenvalue weighted by atomic mass is 9.99. The maximum Gasteiger partial charge on any atom is 0.0471 e. The van der Waals surface area contributed by atoms with E-state index in [9.17, 15) is 0 Å². The van der Waals surface area contributed by atoms with Gasteiger partial charge in [-0.1, -0.05) is 66.7 Å². The van der Waals surface area contributed by atoms with E-state index in [0.717, 1.165) is 11.4 Å². The summed E-state index contributed by atoms with van der Waals surface area (Å²) in [6.07, 6.45) is 0. The minimum Gasteiger partial charge on any atom is -0.355 e. The Hall–Kier alpha value is -3.78. The van der Waals surface area contributed by atoms with Crippen LogP contribution in [-0.4, -0.2) is 9.97 Å². The first kappa shape index (κ1) is 15.3. The van der Waals surface area contributed by atoms with Crippen molar-refractivity contribution in [2.45, 2.75) is 0 Å². The van der Waals surface area contributed by atoms with Gasteiger partial charge in [0.2, 0.25) is 0 Å². The van der Waals surface area contributed by atoms with Gasteiger partial charge >= 0.3 is 0 Å². The fourth-order valence-electron chi connectivity index (χ4n) is 4.13. The van der Waals surface area contributed by atoms with E-state index < -0.39 is 0 Å². The monoisotopic (exact) mass is 358 g/mol. The van der Waals surface area contributed by atoms with Gasteiger partial charge in [0, 0.05) is 38.8 Å². The molecule has 0 bridgehead atoms. The molecule has 2 heteroatoms. The Balaban J connectivity index is 1.51. The number of hydrogen-bond donors (Lipinski definition) is 2. The van der Waals surface area contributed by atoms with E-state index in [1.165, 1.54) is 43.7 Å². The highest BCUT2D eigenvalue weighted by atomic mass is 14.7. The Kier molecular flexibility index (Phi) is 3.20. The highest BCUT2D eigenvalue weighted by Gasteiger charge is 2.09. The molecule has 2 heterocycles. The van der Waals surface area contributed by atoms with E-state index in [1.807, 2.05) is 0 Å². The summed E-state index contributed by atoms with van der Waals surface area (Å²) in [7, 11) is 0. The van der Waals surface area contributed by atoms with Crippen LogP contribution in [0.3, 0.4) is 0 Å². The number of benzene rings is 4. The second-order valence-electron chi connectivity index (χ2n) is 7.28. The van der Waals surface area contributed by atoms with E-state index in [0.29, 0.717) is 0 Å². The highest BCUT2D eigenvalue weighted by Crippen LogP contribution is 2.33. The third-order valence-corrected chi connectivity index (χ3v) is 5.54. The summed E-state index contributed by atoms with van der Waals surface area (Å²) < 4.78 is 0. The van der Waals surface area contributed by atoms with Crippen molar-refractivity contribution in [3.05, 3.63) is 97.1 Å². The average molecular weight is 358 g/mol. The number of nitrogens with one attached hydrogen (secondary N) is 2. The Morgan fingerprint density at radius 3 is 1.86 bits per heavy atom. The number of H-pyrrole nitrogens is 2. The van der Waals surface area contributed by atoms with E-state index >= 15 is 0 Å². The van der Waals surface area contributed by atoms with Gasteiger partial charge in [-0.05, 0) is 46.7 Å². The highest BCUT2D eigenvalue weighted by molar-refractivity contribution is 6.00. The molecule has 0 radical (unpaired) electrons. The van der Waals surface area contributed by atoms with Crippen molar-refractivity contribution in [1.29, 1.82) is 0 Å². The summed E-state index contributed by atoms with van der Waals surface area (Å²) >= 11 is 0. The standard InChI is InChI=1S/C26H18N2/c1-3-10-23-18(6-1)15-25(27-23)20-12-13-21-17(14-20)8-5-9-22(21)26-16-19-7-2-4-11-24(19)28-26/h1-16,27-28H. The third kappa shape index (κ3) is 2.35. The molecule has 2 nitrogen and oxygen atoms in total. The van der Waals surface area contributed by atoms with Crippen LogP contribution in [0.15, 0.2) is 97.1 Å². The lowest BCUT2D eigenvalue weighted by Gasteiger charge is -2.07. The Labute approximate surface area is 162 Å². The van der Waals surface area contributed by atoms with Crippen LogP contribution >= 0.6 is 0 Å². The normalized spacial score (nSPS) is 11.6. The molecule has 0 unspecified atom stereocenters. The molecule has 28 heavy (non-hydrogen) atoms. The molecule has 6 aromatic rings. The van der Waals surface area contributed by atoms with E-state index in [-0.39, 0.29) is 0 Å². The van der Waals surface area contributed by atoms with Crippen molar-refractivity contribution in [2.75, 3.05) is 0 Å². The summed E-state index contributed by atoms with van der Waals surface area (Å²) in [5, 5.41) is 4.98. The van der Waals surface area contributed by atoms with Crippen LogP contribution in [0.4, 0.5) is 0 Å². The second-order valence-corrected chi connectivity index (χ2v) is 7.28. The van der Waals surface area contributed by atoms with Gasteiger partial charge in [0.25, 0.3) is 0 Å². The number of fused-ring (bicyclic) bond motifs is 3. The van der Waals surface area contributed by atoms with E-state index in [2.05, 4.69) is 107 Å². The zero-order valence-electron chi connectivity index (χ0n) is 15.2. The van der Waals surface area contributed by atoms with Crippen LogP contribution in [0.5, 0.6) is 0 Å². The average Bonchev–Trinajstić information content (AvgIpc) is 3.37. The van der Waals surface area contributed by atoms with Gasteiger partial charge in [-0.3, -0.25) is 0 Å². The Bertz CT molecular complexity index is 1400. The molecule has 0 aliphatic rings. The van der Waals surface area contributed by atoms with Crippen molar-refractivity contribution in [3.8, 4) is 22.5 Å². The summed E-state index contributed by atoms with van der Waals surface area (Å²) in [5.41, 5.74) is 7.09. The first-order valence-electron chi connectivity index (χ1n) is 9.54. The zero-order chi connectivity index (χ0) is 18.5. The predicted octanol–water partition coefficient (Wildman–Crippen LogP) is 7.14. The summed E-state index contributed by atoms with van der Waals surface area (Å²) in [4.78, 5) is 7.10. The number of aromatic amines is 2. The minimum atomic E-state index is 1.15. The van der Waals surface area contributed by atoms with Crippen LogP contribution in [0.2, 0.25) is 0 Å². The van der Waals surface area contributed by atoms with Gasteiger partial charge in [-0.25, -0.2) is 0 Å². The van der Waals surface area contributed by atoms with Crippen LogP contribution < -0.4 is 0 Å². The van der Waals surface area contributed by atoms with Gasteiger partial charge in [0.15, 0.2) is 0 Å². The predicted molar refractivity (Wildman–Crippen MR) is 119 cm³/mol. The van der Waals surface area contributed by atoms with Gasteiger partial charge in [0.1, 0.15) is 0 Å². The van der Waals surface area contributed by atoms with Gasteiger partial charge in [-0.2, -0.15) is 0 Å². The number of para-hydroxylation sites is 2. The van der Waals surface area contributed by atoms with Crippen molar-refractivity contribution >= 4 is 32.6 Å². The maximum atomic E-state index is 3.56. The summed E-state index contributed by atoms with van der Waals surface area (Å²) in [6, 6.07) is 34.5. The number of rotatable bonds is 2. The molecule has 0 aliphatic carbocycles. The molecule has 0 amide bonds. The molecular weight excluding hydrogens is 340 g/mol. The lowest BCUT2D eigenvalue weighted by molar-refractivity contribution is 1.45. The molecule has 0 aliphatic heterocycles. The van der Waals surface area contributed by atoms with Crippen LogP contribution in [0.1, 0.15) is 0 Å². The molecule has 132 valence electrons. The molecular formula is C26H18N2. The van der Waals surface area contributed by atoms with Crippen LogP contribution in [0, 0.1) is 0 Å². The fraction of sp³-hybridized carbons (Fsp3) is 0. The Morgan fingerprint density at radius 1 is 0.464 bits per heavy atom. The summed E-state index contributed by atoms with van der Waals surface area (Å²) in [5.74, 6) is 0. The van der Waals surface area contributed by atoms with E-state index in [4.69, 9.17) is 0 Å². The van der Waals surface area contributed by atoms with Crippen LogP contribution in [0.25, 0.3) is 55.1 Å². The molecule has 4 aromatic carbocycles. The molecule has 6 rings (SSSR count). The van der Waals surface area contributed by atoms with Gasteiger partial charge < -0.3 is 9.97 Å². The van der Waals surface area contributed by atoms with Crippen molar-refractivity contribution in [3.63, 3.8) is 0 Å². The molecule has 2 N–H and O–H groups in total. The fourth-order valence-corrected chi connectivity index (χ4v) is 4.13. The number of aromatic nitrogens is 2. The molecule has 0 saturated heterocycles. The van der Waals surface area contributed by atoms with Crippen LogP contribution in [-0.2, 0) is 0 Å². The van der Waals surface area contributed by atoms with Crippen molar-refractivity contribution in [2.24, 2.45) is 0 Å². The second kappa shape index (κ2) is 5.86. The molecule has 0 fully saturated rings. The zero-order valence-corrected chi connectivity index (χ0v) is 15.2. The quantitative estimate of drug-likeness (QED) is 0.330. The Morgan fingerprint density at radius 2 is 1.11 bits per heavy atom.